The van der Waals surface area contributed by atoms with Crippen LogP contribution in [0, 0.1) is 13.8 Å². The molecule has 0 amide bonds. The second-order valence-electron chi connectivity index (χ2n) is 4.52. The van der Waals surface area contributed by atoms with Gasteiger partial charge in [0.2, 0.25) is 0 Å². The smallest absolute Gasteiger partial charge is 0.151 e. The van der Waals surface area contributed by atoms with Gasteiger partial charge in [0.1, 0.15) is 12.4 Å². The molecule has 2 rings (SSSR count). The predicted molar refractivity (Wildman–Crippen MR) is 79.8 cm³/mol. The van der Waals surface area contributed by atoms with Gasteiger partial charge in [-0.2, -0.15) is 0 Å². The molecule has 0 aliphatic rings. The monoisotopic (exact) mass is 318 g/mol. The van der Waals surface area contributed by atoms with Crippen molar-refractivity contribution < 1.29 is 9.53 Å². The molecule has 0 spiro atoms. The number of hydrogen-bond donors (Lipinski definition) is 0. The minimum Gasteiger partial charge on any atom is -0.489 e. The second kappa shape index (κ2) is 6.02. The molecule has 0 radical (unpaired) electrons. The van der Waals surface area contributed by atoms with Crippen molar-refractivity contribution in [2.24, 2.45) is 0 Å². The van der Waals surface area contributed by atoms with E-state index in [0.29, 0.717) is 17.9 Å². The zero-order chi connectivity index (χ0) is 13.8. The second-order valence-corrected chi connectivity index (χ2v) is 5.37. The number of aldehydes is 1. The number of halogens is 1. The lowest BCUT2D eigenvalue weighted by molar-refractivity contribution is 0.112. The van der Waals surface area contributed by atoms with Crippen LogP contribution < -0.4 is 4.74 Å². The van der Waals surface area contributed by atoms with Crippen molar-refractivity contribution in [1.29, 1.82) is 0 Å². The molecule has 0 aliphatic carbocycles. The molecule has 0 bridgehead atoms. The minimum absolute atomic E-state index is 0.507. The van der Waals surface area contributed by atoms with Gasteiger partial charge in [0, 0.05) is 10.0 Å². The highest BCUT2D eigenvalue weighted by atomic mass is 79.9. The maximum absolute atomic E-state index is 10.9. The Balaban J connectivity index is 2.14. The molecular weight excluding hydrogens is 304 g/mol. The first kappa shape index (κ1) is 13.8. The zero-order valence-electron chi connectivity index (χ0n) is 10.9. The highest BCUT2D eigenvalue weighted by Crippen LogP contribution is 2.22. The number of aryl methyl sites for hydroxylation is 2. The van der Waals surface area contributed by atoms with Crippen LogP contribution in [-0.4, -0.2) is 6.29 Å². The minimum atomic E-state index is 0.507. The molecule has 0 heterocycles. The third kappa shape index (κ3) is 3.44. The topological polar surface area (TPSA) is 26.3 Å². The fourth-order valence-electron chi connectivity index (χ4n) is 1.82. The van der Waals surface area contributed by atoms with Crippen LogP contribution in [0.3, 0.4) is 0 Å². The van der Waals surface area contributed by atoms with Crippen LogP contribution >= 0.6 is 15.9 Å². The maximum Gasteiger partial charge on any atom is 0.151 e. The van der Waals surface area contributed by atoms with Gasteiger partial charge in [-0.15, -0.1) is 0 Å². The van der Waals surface area contributed by atoms with E-state index in [2.05, 4.69) is 48.0 Å². The summed E-state index contributed by atoms with van der Waals surface area (Å²) in [5.41, 5.74) is 4.18. The van der Waals surface area contributed by atoms with Crippen LogP contribution in [0.25, 0.3) is 0 Å². The first-order valence-electron chi connectivity index (χ1n) is 6.04. The molecule has 0 saturated carbocycles. The fourth-order valence-corrected chi connectivity index (χ4v) is 2.16. The first-order valence-corrected chi connectivity index (χ1v) is 6.83. The molecule has 0 atom stereocenters. The average Bonchev–Trinajstić information content (AvgIpc) is 2.41. The van der Waals surface area contributed by atoms with Crippen LogP contribution in [0.2, 0.25) is 0 Å². The number of ether oxygens (including phenoxy) is 1. The summed E-state index contributed by atoms with van der Waals surface area (Å²) in [6.07, 6.45) is 0.814. The van der Waals surface area contributed by atoms with E-state index < -0.39 is 0 Å². The van der Waals surface area contributed by atoms with Gasteiger partial charge in [0.05, 0.1) is 0 Å². The van der Waals surface area contributed by atoms with Gasteiger partial charge < -0.3 is 4.74 Å². The molecule has 2 nitrogen and oxygen atoms in total. The van der Waals surface area contributed by atoms with Crippen LogP contribution in [0.4, 0.5) is 0 Å². The summed E-state index contributed by atoms with van der Waals surface area (Å²) < 4.78 is 6.52. The van der Waals surface area contributed by atoms with Gasteiger partial charge in [0.25, 0.3) is 0 Å². The Bertz CT molecular complexity index is 606. The summed E-state index contributed by atoms with van der Waals surface area (Å²) >= 11 is 3.32. The normalized spacial score (nSPS) is 10.3. The molecule has 2 aromatic rings. The predicted octanol–water partition coefficient (Wildman–Crippen LogP) is 4.46. The maximum atomic E-state index is 10.9. The molecule has 0 N–H and O–H groups in total. The Kier molecular flexibility index (Phi) is 4.38. The lowest BCUT2D eigenvalue weighted by Crippen LogP contribution is -1.99. The molecule has 2 aromatic carbocycles. The molecule has 98 valence electrons. The van der Waals surface area contributed by atoms with E-state index in [1.54, 1.807) is 6.07 Å². The largest absolute Gasteiger partial charge is 0.489 e. The quantitative estimate of drug-likeness (QED) is 0.778. The van der Waals surface area contributed by atoms with Gasteiger partial charge in [-0.1, -0.05) is 39.7 Å². The van der Waals surface area contributed by atoms with E-state index in [9.17, 15) is 4.79 Å². The van der Waals surface area contributed by atoms with Crippen molar-refractivity contribution in [2.75, 3.05) is 0 Å². The summed E-state index contributed by atoms with van der Waals surface area (Å²) in [4.78, 5) is 10.9. The molecule has 0 unspecified atom stereocenters. The van der Waals surface area contributed by atoms with Crippen LogP contribution in [0.15, 0.2) is 40.9 Å². The van der Waals surface area contributed by atoms with Crippen molar-refractivity contribution in [3.8, 4) is 5.75 Å². The molecule has 3 heteroatoms. The molecule has 0 saturated heterocycles. The molecule has 0 aromatic heterocycles. The van der Waals surface area contributed by atoms with E-state index in [0.717, 1.165) is 16.3 Å². The van der Waals surface area contributed by atoms with E-state index in [1.807, 2.05) is 12.1 Å². The van der Waals surface area contributed by atoms with E-state index in [-0.39, 0.29) is 0 Å². The third-order valence-corrected chi connectivity index (χ3v) is 3.72. The SMILES string of the molecule is Cc1ccc(C)c(COc2ccc(Br)c(C=O)c2)c1. The highest BCUT2D eigenvalue weighted by Gasteiger charge is 2.03. The van der Waals surface area contributed by atoms with Gasteiger partial charge >= 0.3 is 0 Å². The highest BCUT2D eigenvalue weighted by molar-refractivity contribution is 9.10. The summed E-state index contributed by atoms with van der Waals surface area (Å²) in [5, 5.41) is 0. The molecule has 19 heavy (non-hydrogen) atoms. The molecule has 0 fully saturated rings. The Morgan fingerprint density at radius 2 is 1.95 bits per heavy atom. The Morgan fingerprint density at radius 1 is 1.16 bits per heavy atom. The molecule has 0 aliphatic heterocycles. The van der Waals surface area contributed by atoms with E-state index in [1.165, 1.54) is 11.1 Å². The summed E-state index contributed by atoms with van der Waals surface area (Å²) in [6.45, 7) is 4.64. The summed E-state index contributed by atoms with van der Waals surface area (Å²) in [6, 6.07) is 11.7. The van der Waals surface area contributed by atoms with Crippen molar-refractivity contribution in [1.82, 2.24) is 0 Å². The number of hydrogen-bond acceptors (Lipinski definition) is 2. The third-order valence-electron chi connectivity index (χ3n) is 2.99. The van der Waals surface area contributed by atoms with Gasteiger partial charge in [-0.25, -0.2) is 0 Å². The molecular formula is C16H15BrO2. The summed E-state index contributed by atoms with van der Waals surface area (Å²) in [5.74, 6) is 0.700. The first-order chi connectivity index (χ1) is 9.10. The van der Waals surface area contributed by atoms with Gasteiger partial charge in [-0.05, 0) is 43.2 Å². The van der Waals surface area contributed by atoms with Crippen LogP contribution in [0.5, 0.6) is 5.75 Å². The Labute approximate surface area is 121 Å². The van der Waals surface area contributed by atoms with Crippen molar-refractivity contribution in [3.63, 3.8) is 0 Å². The Hall–Kier alpha value is -1.61. The summed E-state index contributed by atoms with van der Waals surface area (Å²) in [7, 11) is 0. The lowest BCUT2D eigenvalue weighted by Gasteiger charge is -2.10. The van der Waals surface area contributed by atoms with Crippen molar-refractivity contribution >= 4 is 22.2 Å². The lowest BCUT2D eigenvalue weighted by atomic mass is 10.1. The van der Waals surface area contributed by atoms with E-state index >= 15 is 0 Å². The fraction of sp³-hybridized carbons (Fsp3) is 0.188. The number of carbonyl (C=O) groups is 1. The van der Waals surface area contributed by atoms with Crippen LogP contribution in [-0.2, 0) is 6.61 Å². The average molecular weight is 319 g/mol. The Morgan fingerprint density at radius 3 is 2.68 bits per heavy atom. The standard InChI is InChI=1S/C16H15BrO2/c1-11-3-4-12(2)14(7-11)10-19-15-5-6-16(17)13(8-15)9-18/h3-9H,10H2,1-2H3. The number of rotatable bonds is 4. The van der Waals surface area contributed by atoms with Crippen molar-refractivity contribution in [3.05, 3.63) is 63.1 Å². The zero-order valence-corrected chi connectivity index (χ0v) is 12.5. The van der Waals surface area contributed by atoms with Crippen molar-refractivity contribution in [2.45, 2.75) is 20.5 Å². The van der Waals surface area contributed by atoms with Gasteiger partial charge in [-0.3, -0.25) is 4.79 Å². The van der Waals surface area contributed by atoms with Gasteiger partial charge in [0.15, 0.2) is 6.29 Å². The van der Waals surface area contributed by atoms with Crippen LogP contribution in [0.1, 0.15) is 27.0 Å². The number of benzene rings is 2. The van der Waals surface area contributed by atoms with E-state index in [4.69, 9.17) is 4.74 Å². The number of carbonyl (C=O) groups excluding carboxylic acids is 1.